The van der Waals surface area contributed by atoms with Crippen LogP contribution in [-0.2, 0) is 18.4 Å². The van der Waals surface area contributed by atoms with Crippen LogP contribution in [0.1, 0.15) is 71.1 Å². The molecule has 0 bridgehead atoms. The molecule has 0 amide bonds. The third kappa shape index (κ3) is 14.3. The van der Waals surface area contributed by atoms with Gasteiger partial charge in [0.15, 0.2) is 0 Å². The lowest BCUT2D eigenvalue weighted by molar-refractivity contribution is -0.136. The van der Waals surface area contributed by atoms with Gasteiger partial charge in [-0.1, -0.05) is 58.3 Å². The van der Waals surface area contributed by atoms with Crippen molar-refractivity contribution in [2.24, 2.45) is 5.73 Å². The Morgan fingerprint density at radius 2 is 1.57 bits per heavy atom. The maximum Gasteiger partial charge on any atom is 0.529 e. The van der Waals surface area contributed by atoms with E-state index in [1.54, 1.807) is 0 Å². The van der Waals surface area contributed by atoms with Gasteiger partial charge in [-0.05, 0) is 6.42 Å². The summed E-state index contributed by atoms with van der Waals surface area (Å²) in [5, 5.41) is 0. The van der Waals surface area contributed by atoms with Gasteiger partial charge >= 0.3 is 13.8 Å². The molecular formula is C14H30NO5P. The van der Waals surface area contributed by atoms with Gasteiger partial charge in [0, 0.05) is 13.0 Å². The molecule has 0 aromatic rings. The van der Waals surface area contributed by atoms with Crippen molar-refractivity contribution in [3.63, 3.8) is 0 Å². The molecule has 6 nitrogen and oxygen atoms in total. The van der Waals surface area contributed by atoms with Crippen molar-refractivity contribution in [3.8, 4) is 0 Å². The second-order valence-electron chi connectivity index (χ2n) is 5.13. The molecule has 0 aromatic carbocycles. The van der Waals surface area contributed by atoms with Gasteiger partial charge in [0.05, 0.1) is 6.61 Å². The summed E-state index contributed by atoms with van der Waals surface area (Å²) in [6, 6.07) is 0. The predicted molar refractivity (Wildman–Crippen MR) is 82.8 cm³/mol. The summed E-state index contributed by atoms with van der Waals surface area (Å²) in [4.78, 5) is 20.6. The van der Waals surface area contributed by atoms with Gasteiger partial charge in [-0.15, -0.1) is 0 Å². The van der Waals surface area contributed by atoms with Crippen LogP contribution in [0.25, 0.3) is 0 Å². The van der Waals surface area contributed by atoms with E-state index < -0.39 is 13.8 Å². The van der Waals surface area contributed by atoms with Crippen molar-refractivity contribution in [2.45, 2.75) is 71.1 Å². The molecule has 126 valence electrons. The standard InChI is InChI=1S/C14H30NO5P/c1-2-3-4-5-6-7-8-9-10-11-14(16)20-21(17,18)19-13-12-15/h2-13,15H2,1H3,(H,17,18). The fraction of sp³-hybridized carbons (Fsp3) is 0.929. The predicted octanol–water partition coefficient (Wildman–Crippen LogP) is 3.53. The van der Waals surface area contributed by atoms with Crippen LogP contribution in [0.15, 0.2) is 0 Å². The van der Waals surface area contributed by atoms with E-state index >= 15 is 0 Å². The fourth-order valence-electron chi connectivity index (χ4n) is 1.95. The summed E-state index contributed by atoms with van der Waals surface area (Å²) in [7, 11) is -4.27. The molecule has 1 unspecified atom stereocenters. The fourth-order valence-corrected chi connectivity index (χ4v) is 2.69. The zero-order valence-corrected chi connectivity index (χ0v) is 14.0. The summed E-state index contributed by atoms with van der Waals surface area (Å²) in [6.07, 6.45) is 10.4. The van der Waals surface area contributed by atoms with Crippen molar-refractivity contribution in [3.05, 3.63) is 0 Å². The maximum atomic E-state index is 11.4. The molecule has 7 heteroatoms. The summed E-state index contributed by atoms with van der Waals surface area (Å²) in [6.45, 7) is 2.19. The van der Waals surface area contributed by atoms with E-state index in [1.165, 1.54) is 38.5 Å². The maximum absolute atomic E-state index is 11.4. The van der Waals surface area contributed by atoms with Crippen molar-refractivity contribution in [1.82, 2.24) is 0 Å². The van der Waals surface area contributed by atoms with Crippen LogP contribution in [0.4, 0.5) is 0 Å². The molecule has 0 saturated carbocycles. The third-order valence-electron chi connectivity index (χ3n) is 3.07. The van der Waals surface area contributed by atoms with Crippen LogP contribution >= 0.6 is 7.82 Å². The van der Waals surface area contributed by atoms with Gasteiger partial charge in [-0.3, -0.25) is 14.2 Å². The zero-order valence-electron chi connectivity index (χ0n) is 13.1. The van der Waals surface area contributed by atoms with Gasteiger partial charge in [-0.25, -0.2) is 4.57 Å². The van der Waals surface area contributed by atoms with Crippen LogP contribution in [-0.4, -0.2) is 24.0 Å². The van der Waals surface area contributed by atoms with E-state index in [9.17, 15) is 14.3 Å². The SMILES string of the molecule is CCCCCCCCCCCC(=O)OP(=O)(O)OCCN. The van der Waals surface area contributed by atoms with Crippen LogP contribution in [0.2, 0.25) is 0 Å². The largest absolute Gasteiger partial charge is 0.529 e. The van der Waals surface area contributed by atoms with E-state index in [2.05, 4.69) is 16.0 Å². The Kier molecular flexibility index (Phi) is 13.0. The first-order valence-electron chi connectivity index (χ1n) is 7.91. The minimum Gasteiger partial charge on any atom is -0.371 e. The lowest BCUT2D eigenvalue weighted by atomic mass is 10.1. The number of phosphoric acid groups is 1. The minimum atomic E-state index is -4.27. The topological polar surface area (TPSA) is 98.9 Å². The number of nitrogens with two attached hydrogens (primary N) is 1. The van der Waals surface area contributed by atoms with Crippen LogP contribution in [0.3, 0.4) is 0 Å². The van der Waals surface area contributed by atoms with Gasteiger partial charge in [0.1, 0.15) is 0 Å². The second kappa shape index (κ2) is 13.3. The van der Waals surface area contributed by atoms with E-state index in [0.717, 1.165) is 12.8 Å². The lowest BCUT2D eigenvalue weighted by Crippen LogP contribution is -2.10. The summed E-state index contributed by atoms with van der Waals surface area (Å²) in [5.74, 6) is -0.694. The number of unbranched alkanes of at least 4 members (excludes halogenated alkanes) is 8. The Morgan fingerprint density at radius 3 is 2.10 bits per heavy atom. The highest BCUT2D eigenvalue weighted by Gasteiger charge is 2.25. The van der Waals surface area contributed by atoms with Gasteiger partial charge < -0.3 is 10.3 Å². The van der Waals surface area contributed by atoms with Gasteiger partial charge in [0.2, 0.25) is 0 Å². The van der Waals surface area contributed by atoms with Crippen LogP contribution in [0, 0.1) is 0 Å². The molecule has 0 radical (unpaired) electrons. The molecular weight excluding hydrogens is 293 g/mol. The normalized spacial score (nSPS) is 13.9. The number of rotatable bonds is 14. The first-order chi connectivity index (χ1) is 10.0. The van der Waals surface area contributed by atoms with E-state index in [0.29, 0.717) is 6.42 Å². The molecule has 0 aliphatic carbocycles. The minimum absolute atomic E-state index is 0.0976. The third-order valence-corrected chi connectivity index (χ3v) is 4.02. The number of hydrogen-bond donors (Lipinski definition) is 2. The van der Waals surface area contributed by atoms with E-state index in [4.69, 9.17) is 5.73 Å². The highest BCUT2D eigenvalue weighted by atomic mass is 31.2. The Hall–Kier alpha value is -0.420. The number of phosphoric ester groups is 1. The van der Waals surface area contributed by atoms with Crippen molar-refractivity contribution in [2.75, 3.05) is 13.2 Å². The highest BCUT2D eigenvalue weighted by molar-refractivity contribution is 7.48. The molecule has 1 atom stereocenters. The van der Waals surface area contributed by atoms with Crippen LogP contribution in [0.5, 0.6) is 0 Å². The molecule has 0 aliphatic rings. The van der Waals surface area contributed by atoms with Crippen molar-refractivity contribution >= 4 is 13.8 Å². The van der Waals surface area contributed by atoms with E-state index in [1.807, 2.05) is 0 Å². The molecule has 0 aliphatic heterocycles. The average Bonchev–Trinajstić information content (AvgIpc) is 2.43. The molecule has 0 aromatic heterocycles. The Balaban J connectivity index is 3.47. The molecule has 0 saturated heterocycles. The molecule has 0 fully saturated rings. The average molecular weight is 323 g/mol. The Morgan fingerprint density at radius 1 is 1.05 bits per heavy atom. The van der Waals surface area contributed by atoms with Crippen LogP contribution < -0.4 is 5.73 Å². The second-order valence-corrected chi connectivity index (χ2v) is 6.51. The first-order valence-corrected chi connectivity index (χ1v) is 9.41. The molecule has 21 heavy (non-hydrogen) atoms. The lowest BCUT2D eigenvalue weighted by Gasteiger charge is -2.10. The molecule has 3 N–H and O–H groups in total. The number of carbonyl (C=O) groups is 1. The zero-order chi connectivity index (χ0) is 16.0. The monoisotopic (exact) mass is 323 g/mol. The van der Waals surface area contributed by atoms with Crippen molar-refractivity contribution in [1.29, 1.82) is 0 Å². The summed E-state index contributed by atoms with van der Waals surface area (Å²) >= 11 is 0. The smallest absolute Gasteiger partial charge is 0.371 e. The number of carbonyl (C=O) groups excluding carboxylic acids is 1. The highest BCUT2D eigenvalue weighted by Crippen LogP contribution is 2.43. The van der Waals surface area contributed by atoms with E-state index in [-0.39, 0.29) is 19.6 Å². The molecule has 0 spiro atoms. The number of hydrogen-bond acceptors (Lipinski definition) is 5. The Labute approximate surface area is 128 Å². The van der Waals surface area contributed by atoms with Crippen molar-refractivity contribution < 1.29 is 23.3 Å². The first kappa shape index (κ1) is 20.6. The quantitative estimate of drug-likeness (QED) is 0.375. The summed E-state index contributed by atoms with van der Waals surface area (Å²) in [5.41, 5.74) is 5.13. The van der Waals surface area contributed by atoms with Gasteiger partial charge in [0.25, 0.3) is 0 Å². The summed E-state index contributed by atoms with van der Waals surface area (Å²) < 4.78 is 20.2. The Bertz CT molecular complexity index is 312. The van der Waals surface area contributed by atoms with Gasteiger partial charge in [-0.2, -0.15) is 0 Å². The molecule has 0 heterocycles. The molecule has 0 rings (SSSR count).